The van der Waals surface area contributed by atoms with E-state index in [9.17, 15) is 8.78 Å². The van der Waals surface area contributed by atoms with Crippen molar-refractivity contribution in [3.8, 4) is 5.75 Å². The normalized spacial score (nSPS) is 14.2. The summed E-state index contributed by atoms with van der Waals surface area (Å²) < 4.78 is 32.4. The number of hydrogen-bond acceptors (Lipinski definition) is 2. The van der Waals surface area contributed by atoms with Crippen LogP contribution in [0.3, 0.4) is 0 Å². The molecule has 108 valence electrons. The van der Waals surface area contributed by atoms with Gasteiger partial charge in [0.1, 0.15) is 11.9 Å². The van der Waals surface area contributed by atoms with Crippen LogP contribution >= 0.6 is 0 Å². The van der Waals surface area contributed by atoms with Gasteiger partial charge in [-0.2, -0.15) is 0 Å². The molecular formula is C15H23F2NO. The molecule has 0 spiro atoms. The van der Waals surface area contributed by atoms with Crippen LogP contribution in [0.2, 0.25) is 0 Å². The third kappa shape index (κ3) is 4.78. The summed E-state index contributed by atoms with van der Waals surface area (Å²) in [6.45, 7) is 6.94. The molecule has 0 aliphatic heterocycles. The number of hydrogen-bond donors (Lipinski definition) is 1. The van der Waals surface area contributed by atoms with Crippen molar-refractivity contribution in [2.75, 3.05) is 6.54 Å². The highest BCUT2D eigenvalue weighted by atomic mass is 19.1. The second-order valence-corrected chi connectivity index (χ2v) is 4.59. The maximum Gasteiger partial charge on any atom is 0.165 e. The first-order chi connectivity index (χ1) is 9.12. The third-order valence-corrected chi connectivity index (χ3v) is 3.09. The zero-order valence-electron chi connectivity index (χ0n) is 11.9. The molecule has 2 unspecified atom stereocenters. The van der Waals surface area contributed by atoms with Crippen molar-refractivity contribution >= 4 is 0 Å². The first kappa shape index (κ1) is 15.9. The van der Waals surface area contributed by atoms with Crippen LogP contribution in [-0.2, 0) is 0 Å². The van der Waals surface area contributed by atoms with Crippen molar-refractivity contribution in [3.05, 3.63) is 29.8 Å². The molecule has 0 aliphatic carbocycles. The van der Waals surface area contributed by atoms with Gasteiger partial charge in [-0.3, -0.25) is 0 Å². The molecule has 0 aliphatic rings. The number of halogens is 2. The maximum absolute atomic E-state index is 13.6. The van der Waals surface area contributed by atoms with Crippen LogP contribution in [0.4, 0.5) is 8.78 Å². The average molecular weight is 271 g/mol. The molecule has 0 radical (unpaired) electrons. The quantitative estimate of drug-likeness (QED) is 0.774. The summed E-state index contributed by atoms with van der Waals surface area (Å²) in [6.07, 6.45) is 2.55. The Hall–Kier alpha value is -1.16. The summed E-state index contributed by atoms with van der Waals surface area (Å²) in [4.78, 5) is 0. The summed E-state index contributed by atoms with van der Waals surface area (Å²) in [7, 11) is 0. The van der Waals surface area contributed by atoms with Crippen LogP contribution in [0.5, 0.6) is 5.75 Å². The average Bonchev–Trinajstić information content (AvgIpc) is 2.39. The van der Waals surface area contributed by atoms with Gasteiger partial charge in [0.2, 0.25) is 0 Å². The largest absolute Gasteiger partial charge is 0.486 e. The highest BCUT2D eigenvalue weighted by Gasteiger charge is 2.21. The highest BCUT2D eigenvalue weighted by Crippen LogP contribution is 2.22. The Morgan fingerprint density at radius 2 is 1.95 bits per heavy atom. The summed E-state index contributed by atoms with van der Waals surface area (Å²) >= 11 is 0. The van der Waals surface area contributed by atoms with E-state index in [4.69, 9.17) is 4.74 Å². The van der Waals surface area contributed by atoms with Gasteiger partial charge in [0.05, 0.1) is 0 Å². The molecule has 4 heteroatoms. The van der Waals surface area contributed by atoms with Gasteiger partial charge in [-0.05, 0) is 31.5 Å². The molecule has 0 amide bonds. The van der Waals surface area contributed by atoms with Crippen LogP contribution in [0.1, 0.15) is 40.0 Å². The number of benzene rings is 1. The number of likely N-dealkylation sites (N-methyl/N-ethyl adjacent to an activating group) is 1. The summed E-state index contributed by atoms with van der Waals surface area (Å²) in [5, 5.41) is 3.35. The minimum absolute atomic E-state index is 0.00847. The summed E-state index contributed by atoms with van der Waals surface area (Å²) in [5.41, 5.74) is 0. The second-order valence-electron chi connectivity index (χ2n) is 4.59. The fourth-order valence-corrected chi connectivity index (χ4v) is 2.17. The lowest BCUT2D eigenvalue weighted by Gasteiger charge is -2.27. The van der Waals surface area contributed by atoms with Crippen LogP contribution < -0.4 is 10.1 Å². The van der Waals surface area contributed by atoms with E-state index in [1.807, 2.05) is 13.8 Å². The van der Waals surface area contributed by atoms with Gasteiger partial charge in [-0.25, -0.2) is 8.78 Å². The summed E-state index contributed by atoms with van der Waals surface area (Å²) in [5.74, 6) is -1.01. The van der Waals surface area contributed by atoms with E-state index in [-0.39, 0.29) is 17.9 Å². The molecule has 1 rings (SSSR count). The Morgan fingerprint density at radius 1 is 1.21 bits per heavy atom. The van der Waals surface area contributed by atoms with Crippen molar-refractivity contribution in [2.24, 2.45) is 0 Å². The first-order valence-electron chi connectivity index (χ1n) is 6.97. The molecule has 1 aromatic rings. The molecule has 2 atom stereocenters. The fraction of sp³-hybridized carbons (Fsp3) is 0.600. The smallest absolute Gasteiger partial charge is 0.165 e. The number of nitrogens with one attached hydrogen (secondary N) is 1. The van der Waals surface area contributed by atoms with Crippen LogP contribution in [0.25, 0.3) is 0 Å². The fourth-order valence-electron chi connectivity index (χ4n) is 2.17. The molecule has 2 nitrogen and oxygen atoms in total. The van der Waals surface area contributed by atoms with Crippen molar-refractivity contribution in [3.63, 3.8) is 0 Å². The molecule has 19 heavy (non-hydrogen) atoms. The highest BCUT2D eigenvalue weighted by molar-refractivity contribution is 5.25. The molecule has 0 bridgehead atoms. The lowest BCUT2D eigenvalue weighted by Crippen LogP contribution is -2.42. The third-order valence-electron chi connectivity index (χ3n) is 3.09. The van der Waals surface area contributed by atoms with Crippen molar-refractivity contribution in [1.82, 2.24) is 5.32 Å². The van der Waals surface area contributed by atoms with Gasteiger partial charge in [-0.15, -0.1) is 0 Å². The molecule has 0 saturated heterocycles. The maximum atomic E-state index is 13.6. The van der Waals surface area contributed by atoms with Gasteiger partial charge in [0.15, 0.2) is 11.6 Å². The molecule has 0 fully saturated rings. The molecule has 0 heterocycles. The van der Waals surface area contributed by atoms with E-state index in [0.29, 0.717) is 0 Å². The lowest BCUT2D eigenvalue weighted by molar-refractivity contribution is 0.137. The van der Waals surface area contributed by atoms with Crippen LogP contribution in [-0.4, -0.2) is 18.7 Å². The van der Waals surface area contributed by atoms with Gasteiger partial charge >= 0.3 is 0 Å². The zero-order valence-corrected chi connectivity index (χ0v) is 11.9. The van der Waals surface area contributed by atoms with Crippen LogP contribution in [0.15, 0.2) is 18.2 Å². The van der Waals surface area contributed by atoms with E-state index in [2.05, 4.69) is 12.2 Å². The van der Waals surface area contributed by atoms with E-state index in [0.717, 1.165) is 44.0 Å². The summed E-state index contributed by atoms with van der Waals surface area (Å²) in [6, 6.07) is 3.45. The molecule has 0 aromatic heterocycles. The number of rotatable bonds is 8. The topological polar surface area (TPSA) is 21.3 Å². The second kappa shape index (κ2) is 8.10. The predicted octanol–water partition coefficient (Wildman–Crippen LogP) is 3.90. The molecular weight excluding hydrogens is 248 g/mol. The minimum atomic E-state index is -0.522. The monoisotopic (exact) mass is 271 g/mol. The Morgan fingerprint density at radius 3 is 2.53 bits per heavy atom. The zero-order chi connectivity index (χ0) is 14.3. The van der Waals surface area contributed by atoms with Crippen molar-refractivity contribution < 1.29 is 13.5 Å². The van der Waals surface area contributed by atoms with Gasteiger partial charge < -0.3 is 10.1 Å². The van der Waals surface area contributed by atoms with Crippen molar-refractivity contribution in [1.29, 1.82) is 0 Å². The van der Waals surface area contributed by atoms with E-state index < -0.39 is 11.6 Å². The van der Waals surface area contributed by atoms with E-state index in [1.54, 1.807) is 0 Å². The Balaban J connectivity index is 2.81. The van der Waals surface area contributed by atoms with Gasteiger partial charge in [-0.1, -0.05) is 27.2 Å². The molecule has 0 saturated carbocycles. The Kier molecular flexibility index (Phi) is 6.78. The van der Waals surface area contributed by atoms with Crippen molar-refractivity contribution in [2.45, 2.75) is 52.2 Å². The lowest BCUT2D eigenvalue weighted by atomic mass is 10.0. The SMILES string of the molecule is CCCC(NCC)C(CC)Oc1cc(F)ccc1F. The van der Waals surface area contributed by atoms with E-state index in [1.165, 1.54) is 0 Å². The van der Waals surface area contributed by atoms with Gasteiger partial charge in [0.25, 0.3) is 0 Å². The van der Waals surface area contributed by atoms with E-state index >= 15 is 0 Å². The Labute approximate surface area is 114 Å². The predicted molar refractivity (Wildman–Crippen MR) is 73.4 cm³/mol. The standard InChI is InChI=1S/C15H23F2NO/c1-4-7-13(18-6-3)14(5-2)19-15-10-11(16)8-9-12(15)17/h8-10,13-14,18H,4-7H2,1-3H3. The van der Waals surface area contributed by atoms with Crippen LogP contribution in [0, 0.1) is 11.6 Å². The molecule has 1 N–H and O–H groups in total. The van der Waals surface area contributed by atoms with Gasteiger partial charge in [0, 0.05) is 12.1 Å². The minimum Gasteiger partial charge on any atom is -0.486 e. The molecule has 1 aromatic carbocycles. The first-order valence-corrected chi connectivity index (χ1v) is 6.97. The Bertz CT molecular complexity index is 378. The number of ether oxygens (including phenoxy) is 1.